The third kappa shape index (κ3) is 5.37. The summed E-state index contributed by atoms with van der Waals surface area (Å²) in [5.74, 6) is -0.645. The van der Waals surface area contributed by atoms with Crippen molar-refractivity contribution in [1.82, 2.24) is 0 Å². The maximum atomic E-state index is 13.3. The van der Waals surface area contributed by atoms with E-state index in [-0.39, 0.29) is 23.6 Å². The first kappa shape index (κ1) is 22.7. The highest BCUT2D eigenvalue weighted by Crippen LogP contribution is 2.35. The number of nitrogens with zero attached hydrogens (tertiary/aromatic N) is 1. The topological polar surface area (TPSA) is 83.9 Å². The Morgan fingerprint density at radius 2 is 1.71 bits per heavy atom. The summed E-state index contributed by atoms with van der Waals surface area (Å²) in [7, 11) is -3.82. The molecule has 0 amide bonds. The molecule has 3 aromatic rings. The standard InChI is InChI=1S/C23H22ClNO5S/c1-2-14-25(31(28,29)20-6-4-3-5-7-20)21-15-19(24)12-13-22(21)30-16-17-8-10-18(11-9-17)23(26)27/h3-13,15H,2,14,16H2,1H3,(H,26,27). The number of ether oxygens (including phenoxy) is 1. The molecule has 0 radical (unpaired) electrons. The van der Waals surface area contributed by atoms with Gasteiger partial charge in [-0.2, -0.15) is 0 Å². The Kier molecular flexibility index (Phi) is 7.20. The van der Waals surface area contributed by atoms with Gasteiger partial charge in [0.2, 0.25) is 0 Å². The van der Waals surface area contributed by atoms with Crippen molar-refractivity contribution in [1.29, 1.82) is 0 Å². The van der Waals surface area contributed by atoms with Gasteiger partial charge in [0.05, 0.1) is 16.1 Å². The highest BCUT2D eigenvalue weighted by atomic mass is 35.5. The molecule has 0 heterocycles. The lowest BCUT2D eigenvalue weighted by atomic mass is 10.1. The minimum absolute atomic E-state index is 0.139. The monoisotopic (exact) mass is 459 g/mol. The number of benzene rings is 3. The van der Waals surface area contributed by atoms with Gasteiger partial charge in [0.15, 0.2) is 0 Å². The number of aromatic carboxylic acids is 1. The van der Waals surface area contributed by atoms with Crippen molar-refractivity contribution in [2.45, 2.75) is 24.8 Å². The van der Waals surface area contributed by atoms with Crippen LogP contribution in [0.3, 0.4) is 0 Å². The largest absolute Gasteiger partial charge is 0.487 e. The molecule has 0 fully saturated rings. The Bertz CT molecular complexity index is 1150. The van der Waals surface area contributed by atoms with Crippen molar-refractivity contribution in [3.8, 4) is 5.75 Å². The van der Waals surface area contributed by atoms with Crippen molar-refractivity contribution in [2.75, 3.05) is 10.8 Å². The third-order valence-corrected chi connectivity index (χ3v) is 6.61. The molecular formula is C23H22ClNO5S. The van der Waals surface area contributed by atoms with Crippen LogP contribution in [0.2, 0.25) is 5.02 Å². The van der Waals surface area contributed by atoms with Crippen LogP contribution in [0.1, 0.15) is 29.3 Å². The maximum Gasteiger partial charge on any atom is 0.335 e. The Hall–Kier alpha value is -3.03. The van der Waals surface area contributed by atoms with E-state index in [1.807, 2.05) is 6.92 Å². The van der Waals surface area contributed by atoms with Crippen molar-refractivity contribution in [3.05, 3.63) is 88.9 Å². The number of carboxylic acids is 1. The number of hydrogen-bond donors (Lipinski definition) is 1. The fourth-order valence-electron chi connectivity index (χ4n) is 3.01. The lowest BCUT2D eigenvalue weighted by Crippen LogP contribution is -2.32. The normalized spacial score (nSPS) is 11.2. The quantitative estimate of drug-likeness (QED) is 0.474. The molecule has 0 aromatic heterocycles. The van der Waals surface area contributed by atoms with Gasteiger partial charge in [0.25, 0.3) is 10.0 Å². The van der Waals surface area contributed by atoms with Crippen LogP contribution in [0.25, 0.3) is 0 Å². The average Bonchev–Trinajstić information content (AvgIpc) is 2.77. The van der Waals surface area contributed by atoms with Crippen molar-refractivity contribution < 1.29 is 23.1 Å². The fraction of sp³-hybridized carbons (Fsp3) is 0.174. The number of carboxylic acid groups (broad SMARTS) is 1. The van der Waals surface area contributed by atoms with E-state index in [1.165, 1.54) is 16.4 Å². The van der Waals surface area contributed by atoms with Crippen molar-refractivity contribution in [3.63, 3.8) is 0 Å². The van der Waals surface area contributed by atoms with Gasteiger partial charge in [-0.15, -0.1) is 0 Å². The van der Waals surface area contributed by atoms with Gasteiger partial charge in [-0.05, 0) is 54.4 Å². The molecule has 162 valence electrons. The number of hydrogen-bond acceptors (Lipinski definition) is 4. The summed E-state index contributed by atoms with van der Waals surface area (Å²) in [6, 6.07) is 19.3. The lowest BCUT2D eigenvalue weighted by Gasteiger charge is -2.26. The molecule has 0 unspecified atom stereocenters. The van der Waals surface area contributed by atoms with Gasteiger partial charge in [0.1, 0.15) is 12.4 Å². The number of sulfonamides is 1. The van der Waals surface area contributed by atoms with Crippen LogP contribution >= 0.6 is 11.6 Å². The van der Waals surface area contributed by atoms with Crippen LogP contribution in [0.15, 0.2) is 77.7 Å². The van der Waals surface area contributed by atoms with E-state index in [4.69, 9.17) is 21.4 Å². The molecule has 0 bridgehead atoms. The summed E-state index contributed by atoms with van der Waals surface area (Å²) in [4.78, 5) is 11.2. The second-order valence-electron chi connectivity index (χ2n) is 6.79. The molecule has 8 heteroatoms. The number of carbonyl (C=O) groups is 1. The van der Waals surface area contributed by atoms with Gasteiger partial charge in [-0.1, -0.05) is 48.9 Å². The van der Waals surface area contributed by atoms with Crippen LogP contribution in [0.5, 0.6) is 5.75 Å². The first-order chi connectivity index (χ1) is 14.8. The molecule has 31 heavy (non-hydrogen) atoms. The molecule has 0 aliphatic rings. The number of rotatable bonds is 9. The van der Waals surface area contributed by atoms with E-state index in [1.54, 1.807) is 60.7 Å². The van der Waals surface area contributed by atoms with Gasteiger partial charge in [0, 0.05) is 11.6 Å². The number of halogens is 1. The van der Waals surface area contributed by atoms with E-state index >= 15 is 0 Å². The van der Waals surface area contributed by atoms with Crippen molar-refractivity contribution in [2.24, 2.45) is 0 Å². The Labute approximate surface area is 186 Å². The summed E-state index contributed by atoms with van der Waals surface area (Å²) < 4.78 is 33.9. The van der Waals surface area contributed by atoms with Gasteiger partial charge in [-0.25, -0.2) is 13.2 Å². The highest BCUT2D eigenvalue weighted by molar-refractivity contribution is 7.92. The molecule has 0 aliphatic carbocycles. The lowest BCUT2D eigenvalue weighted by molar-refractivity contribution is 0.0697. The summed E-state index contributed by atoms with van der Waals surface area (Å²) in [5.41, 5.74) is 1.28. The smallest absolute Gasteiger partial charge is 0.335 e. The van der Waals surface area contributed by atoms with E-state index in [0.29, 0.717) is 22.9 Å². The molecule has 3 rings (SSSR count). The molecule has 1 N–H and O–H groups in total. The van der Waals surface area contributed by atoms with E-state index in [2.05, 4.69) is 0 Å². The zero-order valence-corrected chi connectivity index (χ0v) is 18.4. The van der Waals surface area contributed by atoms with Gasteiger partial charge >= 0.3 is 5.97 Å². The van der Waals surface area contributed by atoms with E-state index < -0.39 is 16.0 Å². The van der Waals surface area contributed by atoms with Crippen molar-refractivity contribution >= 4 is 33.3 Å². The predicted octanol–water partition coefficient (Wildman–Crippen LogP) is 5.22. The van der Waals surface area contributed by atoms with Crippen LogP contribution < -0.4 is 9.04 Å². The van der Waals surface area contributed by atoms with Crippen LogP contribution in [0.4, 0.5) is 5.69 Å². The van der Waals surface area contributed by atoms with Gasteiger partial charge in [-0.3, -0.25) is 4.31 Å². The van der Waals surface area contributed by atoms with Crippen LogP contribution in [-0.2, 0) is 16.6 Å². The van der Waals surface area contributed by atoms with Gasteiger partial charge < -0.3 is 9.84 Å². The number of anilines is 1. The summed E-state index contributed by atoms with van der Waals surface area (Å²) in [5, 5.41) is 9.41. The summed E-state index contributed by atoms with van der Waals surface area (Å²) >= 11 is 6.19. The molecule has 3 aromatic carbocycles. The zero-order valence-electron chi connectivity index (χ0n) is 16.9. The van der Waals surface area contributed by atoms with Crippen LogP contribution in [-0.4, -0.2) is 26.0 Å². The highest BCUT2D eigenvalue weighted by Gasteiger charge is 2.27. The van der Waals surface area contributed by atoms with E-state index in [0.717, 1.165) is 5.56 Å². The molecule has 0 saturated carbocycles. The molecule has 0 saturated heterocycles. The zero-order chi connectivity index (χ0) is 22.4. The van der Waals surface area contributed by atoms with E-state index in [9.17, 15) is 13.2 Å². The van der Waals surface area contributed by atoms with Crippen LogP contribution in [0, 0.1) is 0 Å². The Morgan fingerprint density at radius 3 is 2.32 bits per heavy atom. The average molecular weight is 460 g/mol. The Balaban J connectivity index is 1.94. The summed E-state index contributed by atoms with van der Waals surface area (Å²) in [6.45, 7) is 2.28. The molecule has 0 aliphatic heterocycles. The first-order valence-electron chi connectivity index (χ1n) is 9.65. The molecule has 6 nitrogen and oxygen atoms in total. The molecule has 0 atom stereocenters. The first-order valence-corrected chi connectivity index (χ1v) is 11.5. The second kappa shape index (κ2) is 9.85. The molecule has 0 spiro atoms. The molecular weight excluding hydrogens is 438 g/mol. The second-order valence-corrected chi connectivity index (χ2v) is 9.09. The summed E-state index contributed by atoms with van der Waals surface area (Å²) in [6.07, 6.45) is 0.592. The third-order valence-electron chi connectivity index (χ3n) is 4.54. The minimum atomic E-state index is -3.82. The Morgan fingerprint density at radius 1 is 1.03 bits per heavy atom. The SMILES string of the molecule is CCCN(c1cc(Cl)ccc1OCc1ccc(C(=O)O)cc1)S(=O)(=O)c1ccccc1. The minimum Gasteiger partial charge on any atom is -0.487 e. The fourth-order valence-corrected chi connectivity index (χ4v) is 4.75. The predicted molar refractivity (Wildman–Crippen MR) is 120 cm³/mol. The maximum absolute atomic E-state index is 13.3.